The van der Waals surface area contributed by atoms with E-state index in [1.54, 1.807) is 18.2 Å². The highest BCUT2D eigenvalue weighted by Gasteiger charge is 2.34. The lowest BCUT2D eigenvalue weighted by atomic mass is 9.84. The van der Waals surface area contributed by atoms with E-state index in [0.29, 0.717) is 10.6 Å². The maximum Gasteiger partial charge on any atom is 0.243 e. The van der Waals surface area contributed by atoms with Crippen molar-refractivity contribution < 1.29 is 33.6 Å². The molecule has 0 heterocycles. The minimum Gasteiger partial charge on any atom is -0.370 e. The average Bonchev–Trinajstić information content (AvgIpc) is 3.11. The number of nitrogens with one attached hydrogen (secondary N) is 7. The minimum atomic E-state index is -1.21. The summed E-state index contributed by atoms with van der Waals surface area (Å²) in [4.78, 5) is 91.1. The Bertz CT molecular complexity index is 1560. The Kier molecular flexibility index (Phi) is 20.4. The van der Waals surface area contributed by atoms with Crippen LogP contribution in [0.25, 0.3) is 0 Å². The van der Waals surface area contributed by atoms with E-state index in [4.69, 9.17) is 45.8 Å². The SMILES string of the molecule is CC(=O)N[C@@H](CCC(N)=O)C(=O)N[C@@H](CC1CCCCC1)C(=O)NC(CCCNC(=N)N)C(=O)N[C@@H](CC(C)C)C(=O)N[C@@H](Cc1ccc(Cl)c(Cl)c1)C(N)=O. The molecule has 1 unspecified atom stereocenters. The number of carbonyl (C=O) groups excluding carboxylic acids is 7. The molecule has 5 atom stereocenters. The topological polar surface area (TPSA) is 294 Å². The predicted molar refractivity (Wildman–Crippen MR) is 213 cm³/mol. The second kappa shape index (κ2) is 24.1. The predicted octanol–water partition coefficient (Wildman–Crippen LogP) is 1.01. The summed E-state index contributed by atoms with van der Waals surface area (Å²) < 4.78 is 0. The largest absolute Gasteiger partial charge is 0.370 e. The number of hydrogen-bond acceptors (Lipinski definition) is 8. The van der Waals surface area contributed by atoms with Gasteiger partial charge in [-0.25, -0.2) is 0 Å². The van der Waals surface area contributed by atoms with Gasteiger partial charge < -0.3 is 49.1 Å². The van der Waals surface area contributed by atoms with Crippen LogP contribution >= 0.6 is 23.2 Å². The molecule has 19 heteroatoms. The third-order valence-corrected chi connectivity index (χ3v) is 10.1. The summed E-state index contributed by atoms with van der Waals surface area (Å²) in [6.45, 7) is 5.10. The molecule has 0 saturated heterocycles. The van der Waals surface area contributed by atoms with Crippen molar-refractivity contribution in [1.29, 1.82) is 5.41 Å². The van der Waals surface area contributed by atoms with Gasteiger partial charge in [0.05, 0.1) is 10.0 Å². The number of amides is 7. The lowest BCUT2D eigenvalue weighted by Gasteiger charge is -2.30. The van der Waals surface area contributed by atoms with Crippen LogP contribution in [-0.4, -0.2) is 84.1 Å². The first-order valence-corrected chi connectivity index (χ1v) is 19.7. The van der Waals surface area contributed by atoms with Crippen LogP contribution in [-0.2, 0) is 40.0 Å². The molecule has 13 N–H and O–H groups in total. The first-order valence-electron chi connectivity index (χ1n) is 18.9. The Morgan fingerprint density at radius 2 is 1.30 bits per heavy atom. The molecular formula is C37H58Cl2N10O7. The summed E-state index contributed by atoms with van der Waals surface area (Å²) >= 11 is 12.2. The van der Waals surface area contributed by atoms with E-state index >= 15 is 0 Å². The van der Waals surface area contributed by atoms with E-state index in [1.165, 1.54) is 6.92 Å². The van der Waals surface area contributed by atoms with E-state index in [0.717, 1.165) is 32.1 Å². The van der Waals surface area contributed by atoms with Gasteiger partial charge in [0.1, 0.15) is 30.2 Å². The molecular weight excluding hydrogens is 767 g/mol. The molecule has 56 heavy (non-hydrogen) atoms. The van der Waals surface area contributed by atoms with Crippen molar-refractivity contribution in [3.05, 3.63) is 33.8 Å². The average molecular weight is 826 g/mol. The van der Waals surface area contributed by atoms with Gasteiger partial charge in [-0.15, -0.1) is 0 Å². The summed E-state index contributed by atoms with van der Waals surface area (Å²) in [5, 5.41) is 24.1. The number of hydrogen-bond donors (Lipinski definition) is 10. The fraction of sp³-hybridized carbons (Fsp3) is 0.622. The summed E-state index contributed by atoms with van der Waals surface area (Å²) in [6.07, 6.45) is 5.10. The lowest BCUT2D eigenvalue weighted by Crippen LogP contribution is -2.59. The normalized spacial score (nSPS) is 15.6. The Labute approximate surface area is 337 Å². The van der Waals surface area contributed by atoms with Gasteiger partial charge in [0.25, 0.3) is 0 Å². The first kappa shape index (κ1) is 47.5. The van der Waals surface area contributed by atoms with Gasteiger partial charge in [0.2, 0.25) is 41.4 Å². The molecule has 7 amide bonds. The van der Waals surface area contributed by atoms with Crippen molar-refractivity contribution in [2.75, 3.05) is 6.54 Å². The maximum atomic E-state index is 14.1. The third-order valence-electron chi connectivity index (χ3n) is 9.34. The standard InChI is InChI=1S/C37H58Cl2N10O7/c1-20(2)16-29(35(55)47-28(32(41)52)19-23-11-12-24(38)25(39)17-23)48-33(53)26(10-7-15-44-37(42)43)46-36(56)30(18-22-8-5-4-6-9-22)49-34(54)27(45-21(3)50)13-14-31(40)51/h11-12,17,20,22,26-30H,4-10,13-16,18-19H2,1-3H3,(H2,40,51)(H2,41,52)(H,45,50)(H,46,56)(H,47,55)(H,48,53)(H,49,54)(H4,42,43,44)/t26?,27-,28-,29-,30-/m0/s1. The summed E-state index contributed by atoms with van der Waals surface area (Å²) in [5.41, 5.74) is 17.0. The Balaban J connectivity index is 2.36. The van der Waals surface area contributed by atoms with Crippen molar-refractivity contribution in [2.45, 2.75) is 128 Å². The molecule has 0 aromatic heterocycles. The van der Waals surface area contributed by atoms with E-state index in [9.17, 15) is 33.6 Å². The van der Waals surface area contributed by atoms with Gasteiger partial charge in [-0.3, -0.25) is 39.0 Å². The zero-order valence-corrected chi connectivity index (χ0v) is 33.8. The van der Waals surface area contributed by atoms with E-state index < -0.39 is 71.6 Å². The molecule has 1 saturated carbocycles. The van der Waals surface area contributed by atoms with Crippen LogP contribution in [0.2, 0.25) is 10.0 Å². The van der Waals surface area contributed by atoms with Gasteiger partial charge in [0, 0.05) is 26.3 Å². The lowest BCUT2D eigenvalue weighted by molar-refractivity contribution is -0.135. The zero-order chi connectivity index (χ0) is 41.9. The van der Waals surface area contributed by atoms with Crippen LogP contribution in [0.5, 0.6) is 0 Å². The summed E-state index contributed by atoms with van der Waals surface area (Å²) in [5.74, 6) is -5.03. The third kappa shape index (κ3) is 17.9. The van der Waals surface area contributed by atoms with Crippen LogP contribution in [0, 0.1) is 17.2 Å². The molecule has 1 aliphatic carbocycles. The second-order valence-corrected chi connectivity index (χ2v) is 15.5. The van der Waals surface area contributed by atoms with Crippen molar-refractivity contribution in [1.82, 2.24) is 31.9 Å². The molecule has 17 nitrogen and oxygen atoms in total. The van der Waals surface area contributed by atoms with Crippen LogP contribution in [0.15, 0.2) is 18.2 Å². The van der Waals surface area contributed by atoms with Gasteiger partial charge in [0.15, 0.2) is 5.96 Å². The van der Waals surface area contributed by atoms with Crippen molar-refractivity contribution in [2.24, 2.45) is 29.0 Å². The number of carbonyl (C=O) groups is 7. The monoisotopic (exact) mass is 824 g/mol. The van der Waals surface area contributed by atoms with Crippen LogP contribution < -0.4 is 49.1 Å². The molecule has 0 aliphatic heterocycles. The van der Waals surface area contributed by atoms with E-state index in [2.05, 4.69) is 31.9 Å². The smallest absolute Gasteiger partial charge is 0.243 e. The van der Waals surface area contributed by atoms with Gasteiger partial charge >= 0.3 is 0 Å². The fourth-order valence-electron chi connectivity index (χ4n) is 6.50. The van der Waals surface area contributed by atoms with Gasteiger partial charge in [-0.05, 0) is 61.6 Å². The summed E-state index contributed by atoms with van der Waals surface area (Å²) in [6, 6.07) is -1.03. The zero-order valence-electron chi connectivity index (χ0n) is 32.3. The highest BCUT2D eigenvalue weighted by molar-refractivity contribution is 6.42. The van der Waals surface area contributed by atoms with Crippen molar-refractivity contribution in [3.8, 4) is 0 Å². The molecule has 0 spiro atoms. The van der Waals surface area contributed by atoms with Crippen molar-refractivity contribution in [3.63, 3.8) is 0 Å². The highest BCUT2D eigenvalue weighted by Crippen LogP contribution is 2.28. The Morgan fingerprint density at radius 3 is 1.86 bits per heavy atom. The van der Waals surface area contributed by atoms with E-state index in [-0.39, 0.29) is 74.3 Å². The number of rotatable bonds is 23. The molecule has 1 aromatic rings. The molecule has 2 rings (SSSR count). The maximum absolute atomic E-state index is 14.1. The van der Waals surface area contributed by atoms with Crippen LogP contribution in [0.4, 0.5) is 0 Å². The number of nitrogens with two attached hydrogens (primary N) is 3. The quantitative estimate of drug-likeness (QED) is 0.0427. The Morgan fingerprint density at radius 1 is 0.750 bits per heavy atom. The fourth-order valence-corrected chi connectivity index (χ4v) is 6.82. The van der Waals surface area contributed by atoms with Crippen LogP contribution in [0.3, 0.4) is 0 Å². The number of benzene rings is 1. The Hall–Kier alpha value is -4.64. The first-order chi connectivity index (χ1) is 26.4. The molecule has 1 fully saturated rings. The molecule has 1 aliphatic rings. The molecule has 0 radical (unpaired) electrons. The second-order valence-electron chi connectivity index (χ2n) is 14.7. The number of guanidine groups is 1. The molecule has 312 valence electrons. The number of halogens is 2. The molecule has 1 aromatic carbocycles. The summed E-state index contributed by atoms with van der Waals surface area (Å²) in [7, 11) is 0. The molecule has 0 bridgehead atoms. The van der Waals surface area contributed by atoms with Gasteiger partial charge in [-0.2, -0.15) is 0 Å². The van der Waals surface area contributed by atoms with Crippen LogP contribution in [0.1, 0.15) is 97.0 Å². The van der Waals surface area contributed by atoms with E-state index in [1.807, 2.05) is 13.8 Å². The highest BCUT2D eigenvalue weighted by atomic mass is 35.5. The number of primary amides is 2. The van der Waals surface area contributed by atoms with Gasteiger partial charge in [-0.1, -0.05) is 75.2 Å². The minimum absolute atomic E-state index is 0.00155. The van der Waals surface area contributed by atoms with Crippen molar-refractivity contribution >= 4 is 70.5 Å².